The molecular weight excluding hydrogens is 390 g/mol. The summed E-state index contributed by atoms with van der Waals surface area (Å²) in [6.45, 7) is 1.81. The fraction of sp³-hybridized carbons (Fsp3) is 0.100. The van der Waals surface area contributed by atoms with E-state index in [9.17, 15) is 13.2 Å². The molecule has 2 aromatic carbocycles. The van der Waals surface area contributed by atoms with Crippen LogP contribution in [0.4, 0.5) is 0 Å². The van der Waals surface area contributed by atoms with Gasteiger partial charge in [0.15, 0.2) is 0 Å². The van der Waals surface area contributed by atoms with E-state index in [-0.39, 0.29) is 11.3 Å². The number of amides is 1. The molecule has 0 bridgehead atoms. The number of aryl methyl sites for hydroxylation is 1. The highest BCUT2D eigenvalue weighted by Crippen LogP contribution is 2.19. The fourth-order valence-electron chi connectivity index (χ4n) is 3.11. The third-order valence-electron chi connectivity index (χ3n) is 4.43. The van der Waals surface area contributed by atoms with E-state index in [1.807, 2.05) is 19.1 Å². The molecule has 0 fully saturated rings. The Morgan fingerprint density at radius 2 is 1.97 bits per heavy atom. The number of benzene rings is 2. The molecular formula is C20H17N5O3S. The Morgan fingerprint density at radius 3 is 2.72 bits per heavy atom. The molecule has 2 heterocycles. The predicted molar refractivity (Wildman–Crippen MR) is 108 cm³/mol. The van der Waals surface area contributed by atoms with Gasteiger partial charge in [-0.1, -0.05) is 24.3 Å². The molecule has 0 aliphatic heterocycles. The summed E-state index contributed by atoms with van der Waals surface area (Å²) in [6, 6.07) is 13.8. The maximum Gasteiger partial charge on any atom is 0.264 e. The SMILES string of the molecule is Cc1cc(C(=O)NS(=O)(=O)Cc2cccc3cccnc23)ccc1-n1cncn1. The Hall–Kier alpha value is -3.59. The zero-order chi connectivity index (χ0) is 20.4. The smallest absolute Gasteiger partial charge is 0.264 e. The number of sulfonamides is 1. The van der Waals surface area contributed by atoms with E-state index in [1.165, 1.54) is 6.33 Å². The van der Waals surface area contributed by atoms with Gasteiger partial charge in [0.25, 0.3) is 5.91 Å². The summed E-state index contributed by atoms with van der Waals surface area (Å²) < 4.78 is 28.9. The predicted octanol–water partition coefficient (Wildman–Crippen LogP) is 2.38. The van der Waals surface area contributed by atoms with Gasteiger partial charge >= 0.3 is 0 Å². The summed E-state index contributed by atoms with van der Waals surface area (Å²) >= 11 is 0. The highest BCUT2D eigenvalue weighted by molar-refractivity contribution is 7.89. The number of hydrogen-bond donors (Lipinski definition) is 1. The Labute approximate surface area is 167 Å². The zero-order valence-corrected chi connectivity index (χ0v) is 16.3. The lowest BCUT2D eigenvalue weighted by Gasteiger charge is -2.10. The third-order valence-corrected chi connectivity index (χ3v) is 5.62. The Kier molecular flexibility index (Phi) is 4.81. The largest absolute Gasteiger partial charge is 0.268 e. The minimum absolute atomic E-state index is 0.242. The van der Waals surface area contributed by atoms with Crippen molar-refractivity contribution in [1.29, 1.82) is 0 Å². The van der Waals surface area contributed by atoms with Crippen LogP contribution in [0.15, 0.2) is 67.4 Å². The fourth-order valence-corrected chi connectivity index (χ4v) is 4.23. The first-order valence-electron chi connectivity index (χ1n) is 8.76. The van der Waals surface area contributed by atoms with Gasteiger partial charge in [-0.25, -0.2) is 22.8 Å². The Morgan fingerprint density at radius 1 is 1.14 bits per heavy atom. The third kappa shape index (κ3) is 3.99. The van der Waals surface area contributed by atoms with E-state index in [4.69, 9.17) is 0 Å². The number of aromatic nitrogens is 4. The summed E-state index contributed by atoms with van der Waals surface area (Å²) in [5.74, 6) is -1.03. The lowest BCUT2D eigenvalue weighted by molar-refractivity contribution is 0.0981. The highest BCUT2D eigenvalue weighted by Gasteiger charge is 2.19. The molecule has 0 spiro atoms. The van der Waals surface area contributed by atoms with Gasteiger partial charge in [-0.3, -0.25) is 9.78 Å². The molecule has 8 nitrogen and oxygen atoms in total. The summed E-state index contributed by atoms with van der Waals surface area (Å²) in [5, 5.41) is 4.89. The summed E-state index contributed by atoms with van der Waals surface area (Å²) in [5.41, 5.74) is 2.88. The second-order valence-electron chi connectivity index (χ2n) is 6.52. The van der Waals surface area contributed by atoms with Gasteiger partial charge in [0.05, 0.1) is 17.0 Å². The maximum absolute atomic E-state index is 12.6. The Balaban J connectivity index is 1.55. The van der Waals surface area contributed by atoms with Gasteiger partial charge in [-0.15, -0.1) is 0 Å². The van der Waals surface area contributed by atoms with Crippen molar-refractivity contribution in [2.75, 3.05) is 0 Å². The van der Waals surface area contributed by atoms with Crippen molar-refractivity contribution in [3.63, 3.8) is 0 Å². The molecule has 29 heavy (non-hydrogen) atoms. The number of hydrogen-bond acceptors (Lipinski definition) is 6. The molecule has 0 atom stereocenters. The Bertz CT molecular complexity index is 1300. The van der Waals surface area contributed by atoms with Gasteiger partial charge in [0, 0.05) is 17.1 Å². The first kappa shape index (κ1) is 18.8. The van der Waals surface area contributed by atoms with Crippen LogP contribution >= 0.6 is 0 Å². The van der Waals surface area contributed by atoms with Crippen molar-refractivity contribution in [3.8, 4) is 5.69 Å². The van der Waals surface area contributed by atoms with Crippen LogP contribution < -0.4 is 4.72 Å². The van der Waals surface area contributed by atoms with Crippen LogP contribution in [0.25, 0.3) is 16.6 Å². The van der Waals surface area contributed by atoms with Gasteiger partial charge in [0.1, 0.15) is 12.7 Å². The summed E-state index contributed by atoms with van der Waals surface area (Å²) in [7, 11) is -3.91. The minimum atomic E-state index is -3.91. The molecule has 9 heteroatoms. The quantitative estimate of drug-likeness (QED) is 0.544. The van der Waals surface area contributed by atoms with Crippen LogP contribution in [-0.4, -0.2) is 34.1 Å². The van der Waals surface area contributed by atoms with Crippen LogP contribution in [0.1, 0.15) is 21.5 Å². The van der Waals surface area contributed by atoms with E-state index in [0.717, 1.165) is 16.6 Å². The number of rotatable bonds is 5. The monoisotopic (exact) mass is 407 g/mol. The average Bonchev–Trinajstić information content (AvgIpc) is 3.22. The summed E-state index contributed by atoms with van der Waals surface area (Å²) in [6.07, 6.45) is 4.57. The van der Waals surface area contributed by atoms with E-state index in [1.54, 1.807) is 53.6 Å². The number of pyridine rings is 1. The van der Waals surface area contributed by atoms with Gasteiger partial charge in [-0.05, 0) is 42.3 Å². The second-order valence-corrected chi connectivity index (χ2v) is 8.25. The molecule has 0 radical (unpaired) electrons. The molecule has 1 amide bonds. The molecule has 146 valence electrons. The second kappa shape index (κ2) is 7.44. The van der Waals surface area contributed by atoms with Crippen molar-refractivity contribution >= 4 is 26.8 Å². The number of nitrogens with one attached hydrogen (secondary N) is 1. The van der Waals surface area contributed by atoms with Crippen LogP contribution in [0.5, 0.6) is 0 Å². The van der Waals surface area contributed by atoms with E-state index in [2.05, 4.69) is 19.8 Å². The minimum Gasteiger partial charge on any atom is -0.268 e. The number of carbonyl (C=O) groups is 1. The van der Waals surface area contributed by atoms with Gasteiger partial charge in [0.2, 0.25) is 10.0 Å². The van der Waals surface area contributed by atoms with Gasteiger partial charge in [-0.2, -0.15) is 5.10 Å². The van der Waals surface area contributed by atoms with Crippen molar-refractivity contribution in [2.24, 2.45) is 0 Å². The van der Waals surface area contributed by atoms with Crippen molar-refractivity contribution < 1.29 is 13.2 Å². The molecule has 0 saturated heterocycles. The van der Waals surface area contributed by atoms with Crippen molar-refractivity contribution in [3.05, 3.63) is 84.1 Å². The lowest BCUT2D eigenvalue weighted by Crippen LogP contribution is -2.31. The molecule has 0 aliphatic rings. The van der Waals surface area contributed by atoms with Crippen LogP contribution in [0, 0.1) is 6.92 Å². The summed E-state index contributed by atoms with van der Waals surface area (Å²) in [4.78, 5) is 20.7. The first-order chi connectivity index (χ1) is 13.9. The number of nitrogens with zero attached hydrogens (tertiary/aromatic N) is 4. The van der Waals surface area contributed by atoms with E-state index < -0.39 is 15.9 Å². The molecule has 4 aromatic rings. The molecule has 1 N–H and O–H groups in total. The molecule has 4 rings (SSSR count). The highest BCUT2D eigenvalue weighted by atomic mass is 32.2. The zero-order valence-electron chi connectivity index (χ0n) is 15.5. The number of fused-ring (bicyclic) bond motifs is 1. The molecule has 0 unspecified atom stereocenters. The van der Waals surface area contributed by atoms with Crippen LogP contribution in [-0.2, 0) is 15.8 Å². The number of carbonyl (C=O) groups excluding carboxylic acids is 1. The van der Waals surface area contributed by atoms with Crippen molar-refractivity contribution in [1.82, 2.24) is 24.5 Å². The van der Waals surface area contributed by atoms with Crippen LogP contribution in [0.2, 0.25) is 0 Å². The lowest BCUT2D eigenvalue weighted by atomic mass is 10.1. The van der Waals surface area contributed by atoms with E-state index in [0.29, 0.717) is 11.1 Å². The standard InChI is InChI=1S/C20H17N5O3S/c1-14-10-16(7-8-18(14)25-13-21-12-23-25)20(26)24-29(27,28)11-17-5-2-4-15-6-3-9-22-19(15)17/h2-10,12-13H,11H2,1H3,(H,24,26). The average molecular weight is 407 g/mol. The maximum atomic E-state index is 12.6. The topological polar surface area (TPSA) is 107 Å². The van der Waals surface area contributed by atoms with Crippen LogP contribution in [0.3, 0.4) is 0 Å². The normalized spacial score (nSPS) is 11.5. The number of para-hydroxylation sites is 1. The molecule has 2 aromatic heterocycles. The molecule has 0 aliphatic carbocycles. The van der Waals surface area contributed by atoms with E-state index >= 15 is 0 Å². The molecule has 0 saturated carbocycles. The van der Waals surface area contributed by atoms with Gasteiger partial charge < -0.3 is 0 Å². The first-order valence-corrected chi connectivity index (χ1v) is 10.4. The van der Waals surface area contributed by atoms with Crippen molar-refractivity contribution in [2.45, 2.75) is 12.7 Å².